The summed E-state index contributed by atoms with van der Waals surface area (Å²) in [5, 5.41) is 7.94. The lowest BCUT2D eigenvalue weighted by atomic mass is 9.90. The maximum atomic E-state index is 12.6. The average Bonchev–Trinajstić information content (AvgIpc) is 3.17. The smallest absolute Gasteiger partial charge is 0.356 e. The van der Waals surface area contributed by atoms with Crippen molar-refractivity contribution in [2.24, 2.45) is 7.05 Å². The molecule has 3 rings (SSSR count). The van der Waals surface area contributed by atoms with Crippen LogP contribution in [0.25, 0.3) is 0 Å². The van der Waals surface area contributed by atoms with Crippen molar-refractivity contribution in [1.29, 1.82) is 0 Å². The maximum absolute atomic E-state index is 12.6. The molecule has 134 valence electrons. The van der Waals surface area contributed by atoms with Gasteiger partial charge in [-0.05, 0) is 19.8 Å². The van der Waals surface area contributed by atoms with E-state index >= 15 is 0 Å². The van der Waals surface area contributed by atoms with E-state index in [0.717, 1.165) is 23.5 Å². The van der Waals surface area contributed by atoms with Gasteiger partial charge in [-0.1, -0.05) is 19.3 Å². The van der Waals surface area contributed by atoms with Crippen LogP contribution in [0.15, 0.2) is 6.07 Å². The van der Waals surface area contributed by atoms with Crippen LogP contribution in [0.5, 0.6) is 0 Å². The molecule has 0 aliphatic heterocycles. The van der Waals surface area contributed by atoms with Crippen molar-refractivity contribution in [3.8, 4) is 0 Å². The number of aromatic nitrogens is 3. The van der Waals surface area contributed by atoms with E-state index in [-0.39, 0.29) is 11.6 Å². The lowest BCUT2D eigenvalue weighted by molar-refractivity contribution is 0.0588. The Morgan fingerprint density at radius 2 is 2.04 bits per heavy atom. The predicted molar refractivity (Wildman–Crippen MR) is 95.2 cm³/mol. The van der Waals surface area contributed by atoms with Crippen molar-refractivity contribution in [3.05, 3.63) is 27.3 Å². The molecule has 1 saturated carbocycles. The van der Waals surface area contributed by atoms with Crippen molar-refractivity contribution in [1.82, 2.24) is 14.8 Å². The number of carbonyl (C=O) groups excluding carboxylic acids is 2. The van der Waals surface area contributed by atoms with Crippen molar-refractivity contribution in [2.45, 2.75) is 44.9 Å². The van der Waals surface area contributed by atoms with Gasteiger partial charge in [-0.25, -0.2) is 9.78 Å². The molecule has 0 spiro atoms. The second-order valence-electron chi connectivity index (χ2n) is 6.29. The number of esters is 1. The Morgan fingerprint density at radius 1 is 1.32 bits per heavy atom. The molecule has 0 bridgehead atoms. The molecule has 0 aromatic carbocycles. The van der Waals surface area contributed by atoms with Crippen LogP contribution in [-0.2, 0) is 11.8 Å². The van der Waals surface area contributed by atoms with Gasteiger partial charge >= 0.3 is 5.97 Å². The number of hydrogen-bond acceptors (Lipinski definition) is 6. The molecule has 8 heteroatoms. The predicted octanol–water partition coefficient (Wildman–Crippen LogP) is 3.27. The van der Waals surface area contributed by atoms with Crippen LogP contribution in [0, 0.1) is 6.92 Å². The molecule has 2 aromatic heterocycles. The number of carbonyl (C=O) groups is 2. The lowest BCUT2D eigenvalue weighted by Crippen LogP contribution is -2.12. The zero-order valence-corrected chi connectivity index (χ0v) is 15.5. The minimum Gasteiger partial charge on any atom is -0.464 e. The molecule has 0 saturated heterocycles. The summed E-state index contributed by atoms with van der Waals surface area (Å²) in [5.74, 6) is 0.0512. The van der Waals surface area contributed by atoms with E-state index in [0.29, 0.717) is 16.6 Å². The minimum absolute atomic E-state index is 0.244. The number of thiazole rings is 1. The van der Waals surface area contributed by atoms with Crippen LogP contribution in [0.1, 0.15) is 68.9 Å². The van der Waals surface area contributed by atoms with E-state index in [1.54, 1.807) is 7.05 Å². The van der Waals surface area contributed by atoms with Crippen LogP contribution in [0.2, 0.25) is 0 Å². The van der Waals surface area contributed by atoms with Gasteiger partial charge in [-0.15, -0.1) is 11.3 Å². The summed E-state index contributed by atoms with van der Waals surface area (Å²) in [6.45, 7) is 1.86. The fraction of sp³-hybridized carbons (Fsp3) is 0.529. The highest BCUT2D eigenvalue weighted by molar-refractivity contribution is 7.14. The second-order valence-corrected chi connectivity index (χ2v) is 7.32. The molecule has 25 heavy (non-hydrogen) atoms. The number of nitrogens with zero attached hydrogens (tertiary/aromatic N) is 3. The summed E-state index contributed by atoms with van der Waals surface area (Å²) in [6.07, 6.45) is 6.05. The first kappa shape index (κ1) is 17.6. The Bertz CT molecular complexity index is 790. The summed E-state index contributed by atoms with van der Waals surface area (Å²) < 4.78 is 6.07. The molecule has 1 N–H and O–H groups in total. The number of anilines is 1. The van der Waals surface area contributed by atoms with Gasteiger partial charge in [-0.2, -0.15) is 5.10 Å². The average molecular weight is 362 g/mol. The number of rotatable bonds is 4. The summed E-state index contributed by atoms with van der Waals surface area (Å²) in [6, 6.07) is 1.50. The molecule has 1 fully saturated rings. The fourth-order valence-electron chi connectivity index (χ4n) is 3.15. The van der Waals surface area contributed by atoms with Crippen LogP contribution in [0.4, 0.5) is 5.82 Å². The first-order valence-electron chi connectivity index (χ1n) is 8.40. The van der Waals surface area contributed by atoms with Gasteiger partial charge in [0.05, 0.1) is 17.8 Å². The highest BCUT2D eigenvalue weighted by Crippen LogP contribution is 2.36. The Hall–Kier alpha value is -2.22. The molecule has 0 atom stereocenters. The fourth-order valence-corrected chi connectivity index (χ4v) is 4.28. The third-order valence-corrected chi connectivity index (χ3v) is 5.81. The standard InChI is InChI=1S/C17H22N4O3S/c1-10-14(25-16(18-10)11-7-5-4-6-8-11)15(22)19-13-9-12(17(23)24-3)21(2)20-13/h9,11H,4-8H2,1-3H3,(H,19,20,22). The van der Waals surface area contributed by atoms with Gasteiger partial charge in [0, 0.05) is 19.0 Å². The van der Waals surface area contributed by atoms with Gasteiger partial charge < -0.3 is 10.1 Å². The second kappa shape index (κ2) is 7.35. The SMILES string of the molecule is COC(=O)c1cc(NC(=O)c2sc(C3CCCCC3)nc2C)nn1C. The first-order chi connectivity index (χ1) is 12.0. The highest BCUT2D eigenvalue weighted by Gasteiger charge is 2.23. The Kier molecular flexibility index (Phi) is 5.17. The summed E-state index contributed by atoms with van der Waals surface area (Å²) >= 11 is 1.47. The maximum Gasteiger partial charge on any atom is 0.356 e. The van der Waals surface area contributed by atoms with Gasteiger partial charge in [0.1, 0.15) is 10.6 Å². The minimum atomic E-state index is -0.496. The molecule has 0 radical (unpaired) electrons. The van der Waals surface area contributed by atoms with Crippen LogP contribution < -0.4 is 5.32 Å². The zero-order chi connectivity index (χ0) is 18.0. The normalized spacial score (nSPS) is 15.2. The van der Waals surface area contributed by atoms with Crippen molar-refractivity contribution >= 4 is 29.0 Å². The zero-order valence-electron chi connectivity index (χ0n) is 14.7. The van der Waals surface area contributed by atoms with E-state index in [4.69, 9.17) is 0 Å². The van der Waals surface area contributed by atoms with E-state index in [2.05, 4.69) is 20.1 Å². The van der Waals surface area contributed by atoms with Crippen molar-refractivity contribution in [2.75, 3.05) is 12.4 Å². The third-order valence-electron chi connectivity index (χ3n) is 4.49. The molecule has 1 amide bonds. The largest absolute Gasteiger partial charge is 0.464 e. The number of hydrogen-bond donors (Lipinski definition) is 1. The van der Waals surface area contributed by atoms with Crippen molar-refractivity contribution < 1.29 is 14.3 Å². The van der Waals surface area contributed by atoms with Gasteiger partial charge in [0.2, 0.25) is 0 Å². The number of methoxy groups -OCH3 is 1. The van der Waals surface area contributed by atoms with Crippen LogP contribution in [0.3, 0.4) is 0 Å². The molecule has 1 aliphatic carbocycles. The summed E-state index contributed by atoms with van der Waals surface area (Å²) in [7, 11) is 2.93. The van der Waals surface area contributed by atoms with E-state index in [9.17, 15) is 9.59 Å². The number of amides is 1. The monoisotopic (exact) mass is 362 g/mol. The topological polar surface area (TPSA) is 86.1 Å². The Labute approximate surface area is 150 Å². The van der Waals surface area contributed by atoms with Gasteiger partial charge in [-0.3, -0.25) is 9.48 Å². The number of aryl methyl sites for hydroxylation is 2. The molecule has 7 nitrogen and oxygen atoms in total. The summed E-state index contributed by atoms with van der Waals surface area (Å²) in [5.41, 5.74) is 1.02. The quantitative estimate of drug-likeness (QED) is 0.844. The first-order valence-corrected chi connectivity index (χ1v) is 9.22. The van der Waals surface area contributed by atoms with Gasteiger partial charge in [0.15, 0.2) is 5.82 Å². The molecular weight excluding hydrogens is 340 g/mol. The number of nitrogens with one attached hydrogen (secondary N) is 1. The highest BCUT2D eigenvalue weighted by atomic mass is 32.1. The molecule has 1 aliphatic rings. The summed E-state index contributed by atoms with van der Waals surface area (Å²) in [4.78, 5) is 29.4. The van der Waals surface area contributed by atoms with E-state index in [1.807, 2.05) is 6.92 Å². The van der Waals surface area contributed by atoms with Crippen LogP contribution in [-0.4, -0.2) is 33.8 Å². The Balaban J connectivity index is 1.75. The van der Waals surface area contributed by atoms with E-state index < -0.39 is 5.97 Å². The third kappa shape index (κ3) is 3.73. The molecule has 2 heterocycles. The molecule has 2 aromatic rings. The van der Waals surface area contributed by atoms with E-state index in [1.165, 1.54) is 48.5 Å². The van der Waals surface area contributed by atoms with Crippen molar-refractivity contribution in [3.63, 3.8) is 0 Å². The lowest BCUT2D eigenvalue weighted by Gasteiger charge is -2.18. The van der Waals surface area contributed by atoms with Gasteiger partial charge in [0.25, 0.3) is 5.91 Å². The molecular formula is C17H22N4O3S. The number of ether oxygens (including phenoxy) is 1. The van der Waals surface area contributed by atoms with Crippen LogP contribution >= 0.6 is 11.3 Å². The molecule has 0 unspecified atom stereocenters. The Morgan fingerprint density at radius 3 is 2.72 bits per heavy atom.